The summed E-state index contributed by atoms with van der Waals surface area (Å²) >= 11 is 0. The van der Waals surface area contributed by atoms with E-state index in [9.17, 15) is 23.7 Å². The van der Waals surface area contributed by atoms with E-state index < -0.39 is 39.7 Å². The summed E-state index contributed by atoms with van der Waals surface area (Å²) in [5.41, 5.74) is -1.08. The summed E-state index contributed by atoms with van der Waals surface area (Å²) in [5.74, 6) is -3.84. The van der Waals surface area contributed by atoms with Crippen LogP contribution in [0.4, 0.5) is 14.5 Å². The molecule has 0 radical (unpaired) electrons. The minimum atomic E-state index is -1.39. The van der Waals surface area contributed by atoms with E-state index in [0.717, 1.165) is 30.3 Å². The van der Waals surface area contributed by atoms with Crippen LogP contribution in [0.25, 0.3) is 0 Å². The summed E-state index contributed by atoms with van der Waals surface area (Å²) in [4.78, 5) is 20.9. The quantitative estimate of drug-likeness (QED) is 0.690. The van der Waals surface area contributed by atoms with Crippen molar-refractivity contribution in [2.24, 2.45) is 0 Å². The number of rotatable bonds is 4. The molecule has 8 heteroatoms. The number of ether oxygens (including phenoxy) is 1. The molecule has 0 saturated heterocycles. The largest absolute Gasteiger partial charge is 0.478 e. The molecule has 0 aliphatic carbocycles. The van der Waals surface area contributed by atoms with Gasteiger partial charge < -0.3 is 9.84 Å². The second kappa shape index (κ2) is 5.53. The highest BCUT2D eigenvalue weighted by Gasteiger charge is 2.20. The van der Waals surface area contributed by atoms with E-state index >= 15 is 0 Å². The molecule has 0 bridgehead atoms. The first-order chi connectivity index (χ1) is 9.88. The zero-order valence-corrected chi connectivity index (χ0v) is 10.2. The second-order valence-electron chi connectivity index (χ2n) is 3.92. The zero-order chi connectivity index (χ0) is 15.6. The Morgan fingerprint density at radius 2 is 1.71 bits per heavy atom. The van der Waals surface area contributed by atoms with Gasteiger partial charge >= 0.3 is 11.7 Å². The number of halogens is 2. The molecule has 2 aromatic rings. The van der Waals surface area contributed by atoms with Crippen LogP contribution in [0, 0.1) is 21.7 Å². The van der Waals surface area contributed by atoms with Crippen LogP contribution >= 0.6 is 0 Å². The molecule has 0 amide bonds. The number of carboxylic acids is 1. The number of carboxylic acid groups (broad SMARTS) is 1. The average Bonchev–Trinajstić information content (AvgIpc) is 2.40. The Balaban J connectivity index is 2.50. The Labute approximate surface area is 116 Å². The molecule has 0 unspecified atom stereocenters. The molecule has 2 aromatic carbocycles. The highest BCUT2D eigenvalue weighted by Crippen LogP contribution is 2.33. The molecule has 0 atom stereocenters. The van der Waals surface area contributed by atoms with Crippen molar-refractivity contribution < 1.29 is 28.3 Å². The number of hydrogen-bond donors (Lipinski definition) is 1. The number of aromatic carboxylic acids is 1. The average molecular weight is 295 g/mol. The topological polar surface area (TPSA) is 89.7 Å². The number of nitrogens with zero attached hydrogens (tertiary/aromatic N) is 1. The predicted octanol–water partition coefficient (Wildman–Crippen LogP) is 3.36. The van der Waals surface area contributed by atoms with Gasteiger partial charge in [-0.25, -0.2) is 13.6 Å². The zero-order valence-electron chi connectivity index (χ0n) is 10.2. The molecule has 0 spiro atoms. The third kappa shape index (κ3) is 3.11. The van der Waals surface area contributed by atoms with Crippen molar-refractivity contribution in [3.63, 3.8) is 0 Å². The smallest absolute Gasteiger partial charge is 0.339 e. The summed E-state index contributed by atoms with van der Waals surface area (Å²) in [7, 11) is 0. The molecule has 0 saturated carbocycles. The maximum Gasteiger partial charge on any atom is 0.339 e. The normalized spacial score (nSPS) is 10.2. The molecule has 108 valence electrons. The van der Waals surface area contributed by atoms with Gasteiger partial charge in [0.25, 0.3) is 0 Å². The summed E-state index contributed by atoms with van der Waals surface area (Å²) in [6.45, 7) is 0. The Morgan fingerprint density at radius 1 is 1.10 bits per heavy atom. The van der Waals surface area contributed by atoms with Gasteiger partial charge in [-0.05, 0) is 24.3 Å². The number of nitro benzene ring substituents is 1. The highest BCUT2D eigenvalue weighted by atomic mass is 19.1. The molecule has 6 nitrogen and oxygen atoms in total. The van der Waals surface area contributed by atoms with Gasteiger partial charge in [0, 0.05) is 6.07 Å². The highest BCUT2D eigenvalue weighted by molar-refractivity contribution is 5.91. The fourth-order valence-electron chi connectivity index (χ4n) is 1.60. The van der Waals surface area contributed by atoms with E-state index in [2.05, 4.69) is 0 Å². The fraction of sp³-hybridized carbons (Fsp3) is 0. The van der Waals surface area contributed by atoms with Crippen LogP contribution in [0.3, 0.4) is 0 Å². The molecular formula is C13H7F2NO5. The maximum atomic E-state index is 13.2. The van der Waals surface area contributed by atoms with Crippen molar-refractivity contribution >= 4 is 11.7 Å². The van der Waals surface area contributed by atoms with Crippen LogP contribution in [0.15, 0.2) is 36.4 Å². The number of carbonyl (C=O) groups is 1. The Kier molecular flexibility index (Phi) is 3.79. The van der Waals surface area contributed by atoms with Gasteiger partial charge in [0.1, 0.15) is 22.9 Å². The first kappa shape index (κ1) is 14.4. The standard InChI is InChI=1S/C13H7F2NO5/c14-7-2-4-11(10(5-7)16(19)20)21-12-6-8(15)1-3-9(12)13(17)18/h1-6H,(H,17,18). The van der Waals surface area contributed by atoms with E-state index in [-0.39, 0.29) is 5.56 Å². The van der Waals surface area contributed by atoms with Crippen LogP contribution in [-0.4, -0.2) is 16.0 Å². The van der Waals surface area contributed by atoms with Crippen LogP contribution < -0.4 is 4.74 Å². The molecule has 0 heterocycles. The van der Waals surface area contributed by atoms with E-state index in [4.69, 9.17) is 9.84 Å². The Bertz CT molecular complexity index is 732. The SMILES string of the molecule is O=C(O)c1ccc(F)cc1Oc1ccc(F)cc1[N+](=O)[O-]. The molecule has 21 heavy (non-hydrogen) atoms. The summed E-state index contributed by atoms with van der Waals surface area (Å²) in [6.07, 6.45) is 0. The van der Waals surface area contributed by atoms with Crippen LogP contribution in [0.1, 0.15) is 10.4 Å². The number of nitro groups is 1. The molecule has 0 aliphatic heterocycles. The van der Waals surface area contributed by atoms with Crippen molar-refractivity contribution in [1.82, 2.24) is 0 Å². The van der Waals surface area contributed by atoms with E-state index in [1.54, 1.807) is 0 Å². The summed E-state index contributed by atoms with van der Waals surface area (Å²) in [6, 6.07) is 5.13. The van der Waals surface area contributed by atoms with Crippen molar-refractivity contribution in [2.45, 2.75) is 0 Å². The Morgan fingerprint density at radius 3 is 2.33 bits per heavy atom. The van der Waals surface area contributed by atoms with Gasteiger partial charge in [-0.2, -0.15) is 0 Å². The van der Waals surface area contributed by atoms with E-state index in [1.807, 2.05) is 0 Å². The number of hydrogen-bond acceptors (Lipinski definition) is 4. The van der Waals surface area contributed by atoms with Crippen LogP contribution in [-0.2, 0) is 0 Å². The van der Waals surface area contributed by atoms with Crippen molar-refractivity contribution in [3.05, 3.63) is 63.7 Å². The van der Waals surface area contributed by atoms with Crippen molar-refractivity contribution in [3.8, 4) is 11.5 Å². The number of benzene rings is 2. The van der Waals surface area contributed by atoms with Gasteiger partial charge in [-0.3, -0.25) is 10.1 Å². The molecular weight excluding hydrogens is 288 g/mol. The lowest BCUT2D eigenvalue weighted by molar-refractivity contribution is -0.385. The lowest BCUT2D eigenvalue weighted by Crippen LogP contribution is -2.02. The van der Waals surface area contributed by atoms with E-state index in [1.165, 1.54) is 0 Å². The lowest BCUT2D eigenvalue weighted by atomic mass is 10.2. The third-order valence-corrected chi connectivity index (χ3v) is 2.51. The molecule has 0 fully saturated rings. The first-order valence-corrected chi connectivity index (χ1v) is 5.53. The minimum absolute atomic E-state index is 0.380. The van der Waals surface area contributed by atoms with Crippen molar-refractivity contribution in [1.29, 1.82) is 0 Å². The first-order valence-electron chi connectivity index (χ1n) is 5.53. The molecule has 2 rings (SSSR count). The molecule has 0 aliphatic rings. The summed E-state index contributed by atoms with van der Waals surface area (Å²) < 4.78 is 31.2. The molecule has 0 aromatic heterocycles. The van der Waals surface area contributed by atoms with Crippen LogP contribution in [0.5, 0.6) is 11.5 Å². The van der Waals surface area contributed by atoms with Crippen LogP contribution in [0.2, 0.25) is 0 Å². The lowest BCUT2D eigenvalue weighted by Gasteiger charge is -2.09. The van der Waals surface area contributed by atoms with Gasteiger partial charge in [0.2, 0.25) is 5.75 Å². The van der Waals surface area contributed by atoms with Gasteiger partial charge in [0.15, 0.2) is 0 Å². The summed E-state index contributed by atoms with van der Waals surface area (Å²) in [5, 5.41) is 19.8. The van der Waals surface area contributed by atoms with Gasteiger partial charge in [0.05, 0.1) is 11.0 Å². The monoisotopic (exact) mass is 295 g/mol. The Hall–Kier alpha value is -3.03. The van der Waals surface area contributed by atoms with Gasteiger partial charge in [-0.1, -0.05) is 0 Å². The van der Waals surface area contributed by atoms with E-state index in [0.29, 0.717) is 6.07 Å². The fourth-order valence-corrected chi connectivity index (χ4v) is 1.60. The maximum absolute atomic E-state index is 13.2. The molecule has 1 N–H and O–H groups in total. The predicted molar refractivity (Wildman–Crippen MR) is 66.5 cm³/mol. The third-order valence-electron chi connectivity index (χ3n) is 2.51. The second-order valence-corrected chi connectivity index (χ2v) is 3.92. The van der Waals surface area contributed by atoms with Gasteiger partial charge in [-0.15, -0.1) is 0 Å². The van der Waals surface area contributed by atoms with Crippen molar-refractivity contribution in [2.75, 3.05) is 0 Å². The minimum Gasteiger partial charge on any atom is -0.478 e.